The van der Waals surface area contributed by atoms with Crippen molar-refractivity contribution in [3.63, 3.8) is 0 Å². The Kier molecular flexibility index (Phi) is 10.6. The molecule has 0 aromatic heterocycles. The first-order valence-corrected chi connectivity index (χ1v) is 6.67. The summed E-state index contributed by atoms with van der Waals surface area (Å²) < 4.78 is 0. The van der Waals surface area contributed by atoms with E-state index in [9.17, 15) is 4.79 Å². The first kappa shape index (κ1) is 15.0. The van der Waals surface area contributed by atoms with E-state index in [1.54, 1.807) is 0 Å². The summed E-state index contributed by atoms with van der Waals surface area (Å²) in [5, 5.41) is 2.18. The SMILES string of the molecule is CCCCCCCCNC(=O)C(Cl)CCl. The van der Waals surface area contributed by atoms with Gasteiger partial charge in [0.15, 0.2) is 0 Å². The van der Waals surface area contributed by atoms with Crippen LogP contribution in [0.15, 0.2) is 0 Å². The molecular weight excluding hydrogens is 233 g/mol. The first-order valence-electron chi connectivity index (χ1n) is 5.70. The molecule has 0 spiro atoms. The number of halogens is 2. The molecule has 0 aliphatic carbocycles. The fourth-order valence-corrected chi connectivity index (χ4v) is 1.52. The van der Waals surface area contributed by atoms with Crippen LogP contribution in [0.5, 0.6) is 0 Å². The molecule has 0 saturated heterocycles. The molecule has 0 radical (unpaired) electrons. The van der Waals surface area contributed by atoms with Gasteiger partial charge in [0.05, 0.1) is 0 Å². The minimum atomic E-state index is -0.591. The second-order valence-corrected chi connectivity index (χ2v) is 4.52. The van der Waals surface area contributed by atoms with Crippen LogP contribution in [0.2, 0.25) is 0 Å². The Morgan fingerprint density at radius 1 is 1.20 bits per heavy atom. The Bertz CT molecular complexity index is 165. The van der Waals surface area contributed by atoms with Crippen molar-refractivity contribution in [2.45, 2.75) is 50.8 Å². The van der Waals surface area contributed by atoms with Crippen LogP contribution in [0.25, 0.3) is 0 Å². The van der Waals surface area contributed by atoms with E-state index in [0.29, 0.717) is 6.54 Å². The van der Waals surface area contributed by atoms with Crippen LogP contribution >= 0.6 is 23.2 Å². The van der Waals surface area contributed by atoms with Crippen molar-refractivity contribution in [3.8, 4) is 0 Å². The third-order valence-electron chi connectivity index (χ3n) is 2.25. The number of nitrogens with one attached hydrogen (secondary N) is 1. The zero-order valence-electron chi connectivity index (χ0n) is 9.40. The van der Waals surface area contributed by atoms with Gasteiger partial charge in [0.1, 0.15) is 5.38 Å². The molecule has 1 amide bonds. The molecule has 0 aliphatic heterocycles. The lowest BCUT2D eigenvalue weighted by atomic mass is 10.1. The molecule has 2 nitrogen and oxygen atoms in total. The fraction of sp³-hybridized carbons (Fsp3) is 0.909. The highest BCUT2D eigenvalue weighted by Crippen LogP contribution is 2.04. The predicted octanol–water partition coefficient (Wildman–Crippen LogP) is 3.31. The van der Waals surface area contributed by atoms with Crippen molar-refractivity contribution in [3.05, 3.63) is 0 Å². The van der Waals surface area contributed by atoms with E-state index in [2.05, 4.69) is 12.2 Å². The van der Waals surface area contributed by atoms with Crippen molar-refractivity contribution in [2.24, 2.45) is 0 Å². The van der Waals surface area contributed by atoms with Crippen LogP contribution in [-0.4, -0.2) is 23.7 Å². The molecule has 0 bridgehead atoms. The van der Waals surface area contributed by atoms with Crippen molar-refractivity contribution >= 4 is 29.1 Å². The van der Waals surface area contributed by atoms with Gasteiger partial charge in [0.2, 0.25) is 5.91 Å². The standard InChI is InChI=1S/C11H21Cl2NO/c1-2-3-4-5-6-7-8-14-11(15)10(13)9-12/h10H,2-9H2,1H3,(H,14,15). The topological polar surface area (TPSA) is 29.1 Å². The van der Waals surface area contributed by atoms with Crippen LogP contribution in [0.1, 0.15) is 45.4 Å². The smallest absolute Gasteiger partial charge is 0.239 e. The maximum Gasteiger partial charge on any atom is 0.239 e. The lowest BCUT2D eigenvalue weighted by Gasteiger charge is -2.07. The van der Waals surface area contributed by atoms with Crippen LogP contribution < -0.4 is 5.32 Å². The maximum absolute atomic E-state index is 11.2. The highest BCUT2D eigenvalue weighted by molar-refractivity contribution is 6.36. The number of alkyl halides is 2. The molecule has 0 aromatic rings. The van der Waals surface area contributed by atoms with Crippen molar-refractivity contribution in [1.29, 1.82) is 0 Å². The molecule has 0 saturated carbocycles. The van der Waals surface area contributed by atoms with E-state index in [0.717, 1.165) is 6.42 Å². The summed E-state index contributed by atoms with van der Waals surface area (Å²) in [4.78, 5) is 11.2. The summed E-state index contributed by atoms with van der Waals surface area (Å²) >= 11 is 11.1. The number of rotatable bonds is 9. The van der Waals surface area contributed by atoms with Crippen LogP contribution in [-0.2, 0) is 4.79 Å². The highest BCUT2D eigenvalue weighted by Gasteiger charge is 2.12. The molecule has 15 heavy (non-hydrogen) atoms. The number of unbranched alkanes of at least 4 members (excludes halogenated alkanes) is 5. The van der Waals surface area contributed by atoms with E-state index in [-0.39, 0.29) is 11.8 Å². The summed E-state index contributed by atoms with van der Waals surface area (Å²) in [5.74, 6) is 0.0180. The number of hydrogen-bond donors (Lipinski definition) is 1. The quantitative estimate of drug-likeness (QED) is 0.496. The molecule has 0 fully saturated rings. The van der Waals surface area contributed by atoms with E-state index >= 15 is 0 Å². The average molecular weight is 254 g/mol. The monoisotopic (exact) mass is 253 g/mol. The van der Waals surface area contributed by atoms with Gasteiger partial charge in [-0.15, -0.1) is 23.2 Å². The molecule has 1 atom stereocenters. The van der Waals surface area contributed by atoms with Gasteiger partial charge < -0.3 is 5.32 Å². The summed E-state index contributed by atoms with van der Waals surface area (Å²) in [6, 6.07) is 0. The average Bonchev–Trinajstić information content (AvgIpc) is 2.26. The Morgan fingerprint density at radius 3 is 2.40 bits per heavy atom. The Labute approximate surface area is 103 Å². The Morgan fingerprint density at radius 2 is 1.80 bits per heavy atom. The molecular formula is C11H21Cl2NO. The van der Waals surface area contributed by atoms with E-state index < -0.39 is 5.38 Å². The minimum absolute atomic E-state index is 0.153. The summed E-state index contributed by atoms with van der Waals surface area (Å²) in [6.07, 6.45) is 7.33. The summed E-state index contributed by atoms with van der Waals surface area (Å²) in [5.41, 5.74) is 0. The molecule has 0 aliphatic rings. The van der Waals surface area contributed by atoms with E-state index in [1.807, 2.05) is 0 Å². The Balaban J connectivity index is 3.20. The molecule has 4 heteroatoms. The van der Waals surface area contributed by atoms with Gasteiger partial charge in [0.25, 0.3) is 0 Å². The number of carbonyl (C=O) groups excluding carboxylic acids is 1. The zero-order valence-corrected chi connectivity index (χ0v) is 10.9. The Hall–Kier alpha value is 0.0500. The molecule has 90 valence electrons. The highest BCUT2D eigenvalue weighted by atomic mass is 35.5. The summed E-state index contributed by atoms with van der Waals surface area (Å²) in [7, 11) is 0. The lowest BCUT2D eigenvalue weighted by molar-refractivity contribution is -0.120. The van der Waals surface area contributed by atoms with Crippen LogP contribution in [0.3, 0.4) is 0 Å². The third kappa shape index (κ3) is 9.01. The second kappa shape index (κ2) is 10.6. The molecule has 0 aromatic carbocycles. The van der Waals surface area contributed by atoms with Gasteiger partial charge in [-0.05, 0) is 6.42 Å². The van der Waals surface area contributed by atoms with Crippen LogP contribution in [0, 0.1) is 0 Å². The molecule has 0 rings (SSSR count). The number of hydrogen-bond acceptors (Lipinski definition) is 1. The van der Waals surface area contributed by atoms with E-state index in [4.69, 9.17) is 23.2 Å². The van der Waals surface area contributed by atoms with Gasteiger partial charge in [-0.2, -0.15) is 0 Å². The van der Waals surface area contributed by atoms with Crippen molar-refractivity contribution < 1.29 is 4.79 Å². The van der Waals surface area contributed by atoms with Gasteiger partial charge in [0, 0.05) is 12.4 Å². The van der Waals surface area contributed by atoms with Gasteiger partial charge in [-0.25, -0.2) is 0 Å². The summed E-state index contributed by atoms with van der Waals surface area (Å²) in [6.45, 7) is 2.91. The van der Waals surface area contributed by atoms with Crippen molar-refractivity contribution in [2.75, 3.05) is 12.4 Å². The largest absolute Gasteiger partial charge is 0.355 e. The lowest BCUT2D eigenvalue weighted by Crippen LogP contribution is -2.32. The van der Waals surface area contributed by atoms with Crippen LogP contribution in [0.4, 0.5) is 0 Å². The van der Waals surface area contributed by atoms with Gasteiger partial charge in [-0.1, -0.05) is 39.0 Å². The van der Waals surface area contributed by atoms with Gasteiger partial charge >= 0.3 is 0 Å². The third-order valence-corrected chi connectivity index (χ3v) is 3.07. The normalized spacial score (nSPS) is 12.5. The van der Waals surface area contributed by atoms with Crippen molar-refractivity contribution in [1.82, 2.24) is 5.32 Å². The fourth-order valence-electron chi connectivity index (χ4n) is 1.30. The maximum atomic E-state index is 11.2. The minimum Gasteiger partial charge on any atom is -0.355 e. The molecule has 0 heterocycles. The number of carbonyl (C=O) groups is 1. The molecule has 1 unspecified atom stereocenters. The number of amides is 1. The predicted molar refractivity (Wildman–Crippen MR) is 66.7 cm³/mol. The second-order valence-electron chi connectivity index (χ2n) is 3.68. The first-order chi connectivity index (χ1) is 7.22. The molecule has 1 N–H and O–H groups in total. The van der Waals surface area contributed by atoms with E-state index in [1.165, 1.54) is 32.1 Å². The zero-order chi connectivity index (χ0) is 11.5. The van der Waals surface area contributed by atoms with Gasteiger partial charge in [-0.3, -0.25) is 4.79 Å².